The number of nitrogens with zero attached hydrogens (tertiary/aromatic N) is 1. The van der Waals surface area contributed by atoms with E-state index in [1.54, 1.807) is 7.05 Å². The maximum Gasteiger partial charge on any atom is 0.264 e. The molecule has 0 aliphatic heterocycles. The van der Waals surface area contributed by atoms with Crippen LogP contribution in [0, 0.1) is 0 Å². The zero-order chi connectivity index (χ0) is 11.4. The number of halogens is 1. The van der Waals surface area contributed by atoms with Gasteiger partial charge in [-0.2, -0.15) is 0 Å². The molecule has 1 heterocycles. The minimum Gasteiger partial charge on any atom is -0.395 e. The Balaban J connectivity index is 2.96. The third-order valence-electron chi connectivity index (χ3n) is 1.80. The summed E-state index contributed by atoms with van der Waals surface area (Å²) in [6.07, 6.45) is 1.44. The molecule has 1 amide bonds. The van der Waals surface area contributed by atoms with E-state index >= 15 is 0 Å². The fourth-order valence-corrected chi connectivity index (χ4v) is 1.59. The van der Waals surface area contributed by atoms with Gasteiger partial charge in [0.25, 0.3) is 11.5 Å². The van der Waals surface area contributed by atoms with Crippen LogP contribution in [0.5, 0.6) is 0 Å². The fraction of sp³-hybridized carbons (Fsp3) is 0.333. The van der Waals surface area contributed by atoms with Gasteiger partial charge in [0, 0.05) is 19.8 Å². The highest BCUT2D eigenvalue weighted by atomic mass is 79.9. The van der Waals surface area contributed by atoms with Crippen LogP contribution in [0.1, 0.15) is 10.4 Å². The molecule has 0 unspecified atom stereocenters. The highest BCUT2D eigenvalue weighted by molar-refractivity contribution is 9.10. The Morgan fingerprint density at radius 3 is 2.87 bits per heavy atom. The number of hydrogen-bond donors (Lipinski definition) is 2. The molecule has 5 nitrogen and oxygen atoms in total. The molecule has 1 aromatic rings. The van der Waals surface area contributed by atoms with E-state index in [2.05, 4.69) is 21.2 Å². The molecule has 82 valence electrons. The average Bonchev–Trinajstić information content (AvgIpc) is 2.21. The summed E-state index contributed by atoms with van der Waals surface area (Å²) in [6.45, 7) is 0.0813. The lowest BCUT2D eigenvalue weighted by Crippen LogP contribution is -2.28. The van der Waals surface area contributed by atoms with Gasteiger partial charge in [-0.3, -0.25) is 9.59 Å². The molecule has 0 aliphatic carbocycles. The van der Waals surface area contributed by atoms with Crippen LogP contribution in [0.3, 0.4) is 0 Å². The van der Waals surface area contributed by atoms with E-state index in [1.807, 2.05) is 0 Å². The van der Waals surface area contributed by atoms with Crippen LogP contribution >= 0.6 is 15.9 Å². The number of hydrogen-bond acceptors (Lipinski definition) is 3. The van der Waals surface area contributed by atoms with Crippen LogP contribution in [-0.2, 0) is 7.05 Å². The predicted molar refractivity (Wildman–Crippen MR) is 58.8 cm³/mol. The second-order valence-corrected chi connectivity index (χ2v) is 3.83. The molecule has 0 radical (unpaired) electrons. The van der Waals surface area contributed by atoms with E-state index in [0.29, 0.717) is 10.0 Å². The fourth-order valence-electron chi connectivity index (χ4n) is 1.07. The van der Waals surface area contributed by atoms with Crippen LogP contribution in [0.4, 0.5) is 0 Å². The van der Waals surface area contributed by atoms with Gasteiger partial charge >= 0.3 is 0 Å². The van der Waals surface area contributed by atoms with Crippen LogP contribution in [0.2, 0.25) is 0 Å². The van der Waals surface area contributed by atoms with E-state index < -0.39 is 0 Å². The minimum atomic E-state index is -0.319. The maximum atomic E-state index is 11.5. The number of carbonyl (C=O) groups excluding carboxylic acids is 1. The van der Waals surface area contributed by atoms with Crippen molar-refractivity contribution in [3.05, 3.63) is 32.7 Å². The van der Waals surface area contributed by atoms with Crippen molar-refractivity contribution in [1.82, 2.24) is 9.88 Å². The summed E-state index contributed by atoms with van der Waals surface area (Å²) in [4.78, 5) is 22.8. The molecule has 1 rings (SSSR count). The van der Waals surface area contributed by atoms with Gasteiger partial charge in [0.05, 0.1) is 16.6 Å². The highest BCUT2D eigenvalue weighted by Crippen LogP contribution is 2.06. The van der Waals surface area contributed by atoms with Crippen molar-refractivity contribution in [1.29, 1.82) is 0 Å². The number of amides is 1. The van der Waals surface area contributed by atoms with Crippen LogP contribution in [-0.4, -0.2) is 28.7 Å². The van der Waals surface area contributed by atoms with Gasteiger partial charge in [-0.05, 0) is 22.0 Å². The molecule has 0 spiro atoms. The van der Waals surface area contributed by atoms with Gasteiger partial charge in [0.1, 0.15) is 0 Å². The van der Waals surface area contributed by atoms with E-state index in [0.717, 1.165) is 0 Å². The molecule has 2 N–H and O–H groups in total. The molecule has 0 aromatic carbocycles. The summed E-state index contributed by atoms with van der Waals surface area (Å²) in [7, 11) is 1.57. The second kappa shape index (κ2) is 5.09. The Morgan fingerprint density at radius 1 is 1.67 bits per heavy atom. The number of rotatable bonds is 3. The minimum absolute atomic E-state index is 0.112. The number of nitrogens with one attached hydrogen (secondary N) is 1. The Kier molecular flexibility index (Phi) is 4.05. The van der Waals surface area contributed by atoms with Crippen molar-refractivity contribution in [2.75, 3.05) is 13.2 Å². The third-order valence-corrected chi connectivity index (χ3v) is 2.37. The second-order valence-electron chi connectivity index (χ2n) is 2.97. The first-order valence-electron chi connectivity index (χ1n) is 4.31. The topological polar surface area (TPSA) is 71.3 Å². The zero-order valence-electron chi connectivity index (χ0n) is 8.16. The molecular formula is C9H11BrN2O3. The standard InChI is InChI=1S/C9H11BrN2O3/c1-12-5-6(4-7(10)9(12)15)8(14)11-2-3-13/h4-5,13H,2-3H2,1H3,(H,11,14). The van der Waals surface area contributed by atoms with Gasteiger partial charge in [0.2, 0.25) is 0 Å². The number of aryl methyl sites for hydroxylation is 1. The number of aromatic nitrogens is 1. The molecule has 0 saturated carbocycles. The maximum absolute atomic E-state index is 11.5. The molecule has 0 bridgehead atoms. The predicted octanol–water partition coefficient (Wildman–Crippen LogP) is -0.130. The van der Waals surface area contributed by atoms with E-state index in [9.17, 15) is 9.59 Å². The highest BCUT2D eigenvalue weighted by Gasteiger charge is 2.08. The Morgan fingerprint density at radius 2 is 2.33 bits per heavy atom. The van der Waals surface area contributed by atoms with Crippen molar-refractivity contribution in [3.63, 3.8) is 0 Å². The molecule has 6 heteroatoms. The SMILES string of the molecule is Cn1cc(C(=O)NCCO)cc(Br)c1=O. The molecule has 1 aromatic heterocycles. The van der Waals surface area contributed by atoms with Crippen molar-refractivity contribution in [2.24, 2.45) is 7.05 Å². The van der Waals surface area contributed by atoms with Gasteiger partial charge in [-0.1, -0.05) is 0 Å². The van der Waals surface area contributed by atoms with Crippen molar-refractivity contribution in [2.45, 2.75) is 0 Å². The largest absolute Gasteiger partial charge is 0.395 e. The summed E-state index contributed by atoms with van der Waals surface area (Å²) in [5.74, 6) is -0.319. The normalized spacial score (nSPS) is 10.1. The summed E-state index contributed by atoms with van der Waals surface area (Å²) >= 11 is 3.07. The zero-order valence-corrected chi connectivity index (χ0v) is 9.74. The Labute approximate surface area is 94.9 Å². The lowest BCUT2D eigenvalue weighted by molar-refractivity contribution is 0.0944. The summed E-state index contributed by atoms with van der Waals surface area (Å²) in [6, 6.07) is 1.45. The number of aliphatic hydroxyl groups is 1. The lowest BCUT2D eigenvalue weighted by atomic mass is 10.2. The monoisotopic (exact) mass is 274 g/mol. The first kappa shape index (κ1) is 11.9. The molecule has 0 saturated heterocycles. The van der Waals surface area contributed by atoms with E-state index in [-0.39, 0.29) is 24.6 Å². The van der Waals surface area contributed by atoms with Gasteiger partial charge in [-0.25, -0.2) is 0 Å². The first-order valence-corrected chi connectivity index (χ1v) is 5.11. The van der Waals surface area contributed by atoms with Crippen LogP contribution in [0.15, 0.2) is 21.5 Å². The van der Waals surface area contributed by atoms with Crippen LogP contribution < -0.4 is 10.9 Å². The van der Waals surface area contributed by atoms with Crippen LogP contribution in [0.25, 0.3) is 0 Å². The van der Waals surface area contributed by atoms with Crippen molar-refractivity contribution < 1.29 is 9.90 Å². The lowest BCUT2D eigenvalue weighted by Gasteiger charge is -2.05. The average molecular weight is 275 g/mol. The molecule has 15 heavy (non-hydrogen) atoms. The quantitative estimate of drug-likeness (QED) is 0.807. The molecular weight excluding hydrogens is 264 g/mol. The number of carbonyl (C=O) groups is 1. The van der Waals surface area contributed by atoms with Crippen molar-refractivity contribution >= 4 is 21.8 Å². The number of aliphatic hydroxyl groups excluding tert-OH is 1. The Hall–Kier alpha value is -1.14. The molecule has 0 fully saturated rings. The summed E-state index contributed by atoms with van der Waals surface area (Å²) in [5.41, 5.74) is 0.172. The van der Waals surface area contributed by atoms with Gasteiger partial charge < -0.3 is 15.0 Å². The van der Waals surface area contributed by atoms with E-state index in [4.69, 9.17) is 5.11 Å². The number of pyridine rings is 1. The summed E-state index contributed by atoms with van der Waals surface area (Å²) < 4.78 is 1.65. The van der Waals surface area contributed by atoms with Crippen molar-refractivity contribution in [3.8, 4) is 0 Å². The smallest absolute Gasteiger partial charge is 0.264 e. The first-order chi connectivity index (χ1) is 7.06. The van der Waals surface area contributed by atoms with E-state index in [1.165, 1.54) is 16.8 Å². The Bertz CT molecular complexity index is 402. The molecule has 0 atom stereocenters. The molecule has 0 aliphatic rings. The van der Waals surface area contributed by atoms with Gasteiger partial charge in [0.15, 0.2) is 0 Å². The summed E-state index contributed by atoms with van der Waals surface area (Å²) in [5, 5.41) is 11.0. The third kappa shape index (κ3) is 2.90. The van der Waals surface area contributed by atoms with Gasteiger partial charge in [-0.15, -0.1) is 0 Å².